The maximum Gasteiger partial charge on any atom is 0.102 e. The minimum atomic E-state index is 0.807. The topological polar surface area (TPSA) is 34.7 Å². The molecule has 0 radical (unpaired) electrons. The Kier molecular flexibility index (Phi) is 3.94. The normalized spacial score (nSPS) is 15.5. The number of piperazine rings is 1. The molecule has 1 fully saturated rings. The molecule has 1 saturated heterocycles. The van der Waals surface area contributed by atoms with E-state index in [0.29, 0.717) is 0 Å². The number of pyridine rings is 1. The van der Waals surface area contributed by atoms with Gasteiger partial charge in [-0.15, -0.1) is 0 Å². The van der Waals surface area contributed by atoms with Gasteiger partial charge in [-0.3, -0.25) is 4.90 Å². The molecule has 0 bridgehead atoms. The highest BCUT2D eigenvalue weighted by Crippen LogP contribution is 2.21. The van der Waals surface area contributed by atoms with E-state index in [9.17, 15) is 5.26 Å². The van der Waals surface area contributed by atoms with Crippen molar-refractivity contribution in [1.82, 2.24) is 9.30 Å². The minimum absolute atomic E-state index is 0.807. The van der Waals surface area contributed by atoms with Crippen molar-refractivity contribution in [2.24, 2.45) is 0 Å². The Bertz CT molecular complexity index is 868. The number of aromatic nitrogens is 1. The van der Waals surface area contributed by atoms with Crippen LogP contribution in [0.4, 0.5) is 5.69 Å². The van der Waals surface area contributed by atoms with Crippen LogP contribution in [0.25, 0.3) is 5.52 Å². The van der Waals surface area contributed by atoms with Crippen molar-refractivity contribution in [3.05, 3.63) is 72.1 Å². The quantitative estimate of drug-likeness (QED) is 0.744. The summed E-state index contributed by atoms with van der Waals surface area (Å²) in [6, 6.07) is 19.0. The lowest BCUT2D eigenvalue weighted by atomic mass is 10.1. The lowest BCUT2D eigenvalue weighted by Crippen LogP contribution is -2.46. The number of hydrogen-bond acceptors (Lipinski definition) is 3. The van der Waals surface area contributed by atoms with Crippen molar-refractivity contribution in [2.75, 3.05) is 31.1 Å². The molecule has 0 atom stereocenters. The Morgan fingerprint density at radius 3 is 2.42 bits per heavy atom. The van der Waals surface area contributed by atoms with Crippen LogP contribution in [-0.4, -0.2) is 35.5 Å². The molecular formula is C20H20N4. The van der Waals surface area contributed by atoms with Gasteiger partial charge in [-0.25, -0.2) is 0 Å². The number of rotatable bonds is 3. The molecule has 3 heterocycles. The van der Waals surface area contributed by atoms with Crippen LogP contribution < -0.4 is 4.90 Å². The molecule has 0 saturated carbocycles. The van der Waals surface area contributed by atoms with Gasteiger partial charge in [0.15, 0.2) is 0 Å². The first kappa shape index (κ1) is 14.8. The first-order chi connectivity index (χ1) is 11.8. The molecule has 1 aliphatic rings. The summed E-state index contributed by atoms with van der Waals surface area (Å²) in [7, 11) is 0. The summed E-state index contributed by atoms with van der Waals surface area (Å²) < 4.78 is 2.05. The highest BCUT2D eigenvalue weighted by Gasteiger charge is 2.19. The molecule has 2 aromatic heterocycles. The molecule has 0 spiro atoms. The Hall–Kier alpha value is -2.77. The van der Waals surface area contributed by atoms with Gasteiger partial charge in [0, 0.05) is 56.4 Å². The monoisotopic (exact) mass is 316 g/mol. The Balaban J connectivity index is 1.47. The molecule has 1 aliphatic heterocycles. The smallest absolute Gasteiger partial charge is 0.102 e. The van der Waals surface area contributed by atoms with Crippen LogP contribution in [0, 0.1) is 11.3 Å². The maximum atomic E-state index is 9.54. The van der Waals surface area contributed by atoms with Gasteiger partial charge < -0.3 is 9.30 Å². The van der Waals surface area contributed by atoms with E-state index < -0.39 is 0 Å². The van der Waals surface area contributed by atoms with Crippen molar-refractivity contribution < 1.29 is 0 Å². The zero-order valence-electron chi connectivity index (χ0n) is 13.6. The van der Waals surface area contributed by atoms with Gasteiger partial charge in [0.2, 0.25) is 0 Å². The maximum absolute atomic E-state index is 9.54. The number of anilines is 1. The van der Waals surface area contributed by atoms with Crippen LogP contribution >= 0.6 is 0 Å². The van der Waals surface area contributed by atoms with E-state index in [1.807, 2.05) is 28.8 Å². The van der Waals surface area contributed by atoms with Gasteiger partial charge in [0.25, 0.3) is 0 Å². The lowest BCUT2D eigenvalue weighted by Gasteiger charge is -2.36. The van der Waals surface area contributed by atoms with Crippen LogP contribution in [0.2, 0.25) is 0 Å². The Labute approximate surface area is 142 Å². The summed E-state index contributed by atoms with van der Waals surface area (Å²) in [6.45, 7) is 4.93. The zero-order valence-corrected chi connectivity index (χ0v) is 13.6. The third-order valence-corrected chi connectivity index (χ3v) is 4.76. The number of hydrogen-bond donors (Lipinski definition) is 0. The summed E-state index contributed by atoms with van der Waals surface area (Å²) in [4.78, 5) is 4.87. The third-order valence-electron chi connectivity index (χ3n) is 4.76. The van der Waals surface area contributed by atoms with Crippen LogP contribution in [0.3, 0.4) is 0 Å². The van der Waals surface area contributed by atoms with Gasteiger partial charge in [0.05, 0.1) is 11.1 Å². The first-order valence-electron chi connectivity index (χ1n) is 8.36. The average molecular weight is 316 g/mol. The van der Waals surface area contributed by atoms with E-state index >= 15 is 0 Å². The number of benzene rings is 1. The summed E-state index contributed by atoms with van der Waals surface area (Å²) >= 11 is 0. The predicted molar refractivity (Wildman–Crippen MR) is 96.0 cm³/mol. The third kappa shape index (κ3) is 2.75. The number of nitriles is 1. The highest BCUT2D eigenvalue weighted by atomic mass is 15.3. The SMILES string of the molecule is N#Cc1c(CN2CCN(c3ccccc3)CC2)cn2ccccc12. The Morgan fingerprint density at radius 2 is 1.67 bits per heavy atom. The van der Waals surface area contributed by atoms with Crippen LogP contribution in [0.15, 0.2) is 60.9 Å². The molecule has 120 valence electrons. The van der Waals surface area contributed by atoms with E-state index in [0.717, 1.165) is 49.4 Å². The van der Waals surface area contributed by atoms with Crippen molar-refractivity contribution in [1.29, 1.82) is 5.26 Å². The molecule has 3 aromatic rings. The molecule has 1 aromatic carbocycles. The molecule has 24 heavy (non-hydrogen) atoms. The second-order valence-electron chi connectivity index (χ2n) is 6.23. The lowest BCUT2D eigenvalue weighted by molar-refractivity contribution is 0.250. The fourth-order valence-corrected chi connectivity index (χ4v) is 3.47. The van der Waals surface area contributed by atoms with E-state index in [1.54, 1.807) is 0 Å². The molecule has 4 heteroatoms. The van der Waals surface area contributed by atoms with E-state index in [4.69, 9.17) is 0 Å². The largest absolute Gasteiger partial charge is 0.369 e. The highest BCUT2D eigenvalue weighted by molar-refractivity contribution is 5.65. The van der Waals surface area contributed by atoms with Crippen LogP contribution in [-0.2, 0) is 6.54 Å². The summed E-state index contributed by atoms with van der Waals surface area (Å²) in [5.41, 5.74) is 4.22. The second-order valence-corrected chi connectivity index (χ2v) is 6.23. The fraction of sp³-hybridized carbons (Fsp3) is 0.250. The van der Waals surface area contributed by atoms with Crippen molar-refractivity contribution in [3.8, 4) is 6.07 Å². The van der Waals surface area contributed by atoms with E-state index in [1.165, 1.54) is 5.69 Å². The number of para-hydroxylation sites is 1. The Morgan fingerprint density at radius 1 is 0.917 bits per heavy atom. The fourth-order valence-electron chi connectivity index (χ4n) is 3.47. The minimum Gasteiger partial charge on any atom is -0.369 e. The van der Waals surface area contributed by atoms with Crippen molar-refractivity contribution >= 4 is 11.2 Å². The summed E-state index contributed by atoms with van der Waals surface area (Å²) in [6.07, 6.45) is 4.10. The summed E-state index contributed by atoms with van der Waals surface area (Å²) in [5, 5.41) is 9.54. The van der Waals surface area contributed by atoms with E-state index in [2.05, 4.69) is 52.4 Å². The number of nitrogens with zero attached hydrogens (tertiary/aromatic N) is 4. The summed E-state index contributed by atoms with van der Waals surface area (Å²) in [5.74, 6) is 0. The van der Waals surface area contributed by atoms with E-state index in [-0.39, 0.29) is 0 Å². The van der Waals surface area contributed by atoms with Crippen LogP contribution in [0.1, 0.15) is 11.1 Å². The van der Waals surface area contributed by atoms with Crippen molar-refractivity contribution in [3.63, 3.8) is 0 Å². The van der Waals surface area contributed by atoms with Gasteiger partial charge in [-0.1, -0.05) is 24.3 Å². The molecule has 0 N–H and O–H groups in total. The molecular weight excluding hydrogens is 296 g/mol. The molecule has 4 rings (SSSR count). The van der Waals surface area contributed by atoms with Gasteiger partial charge in [-0.05, 0) is 24.3 Å². The average Bonchev–Trinajstić information content (AvgIpc) is 3.00. The van der Waals surface area contributed by atoms with Gasteiger partial charge in [-0.2, -0.15) is 5.26 Å². The van der Waals surface area contributed by atoms with Gasteiger partial charge >= 0.3 is 0 Å². The molecule has 0 unspecified atom stereocenters. The standard InChI is InChI=1S/C20H20N4/c21-14-19-17(16-24-9-5-4-8-20(19)24)15-22-10-12-23(13-11-22)18-6-2-1-3-7-18/h1-9,16H,10-13,15H2. The van der Waals surface area contributed by atoms with Crippen molar-refractivity contribution in [2.45, 2.75) is 6.54 Å². The molecule has 4 nitrogen and oxygen atoms in total. The van der Waals surface area contributed by atoms with Crippen LogP contribution in [0.5, 0.6) is 0 Å². The second kappa shape index (κ2) is 6.38. The zero-order chi connectivity index (χ0) is 16.4. The predicted octanol–water partition coefficient (Wildman–Crippen LogP) is 3.13. The first-order valence-corrected chi connectivity index (χ1v) is 8.36. The van der Waals surface area contributed by atoms with Gasteiger partial charge in [0.1, 0.15) is 6.07 Å². The molecule has 0 amide bonds. The number of fused-ring (bicyclic) bond motifs is 1. The molecule has 0 aliphatic carbocycles.